The van der Waals surface area contributed by atoms with Crippen LogP contribution in [0.1, 0.15) is 29.3 Å². The number of nitrogens with one attached hydrogen (secondary N) is 2. The van der Waals surface area contributed by atoms with E-state index in [1.165, 1.54) is 11.1 Å². The average Bonchev–Trinajstić information content (AvgIpc) is 2.62. The highest BCUT2D eigenvalue weighted by molar-refractivity contribution is 5.65. The summed E-state index contributed by atoms with van der Waals surface area (Å²) in [6, 6.07) is 12.3. The highest BCUT2D eigenvalue weighted by Gasteiger charge is 2.08. The summed E-state index contributed by atoms with van der Waals surface area (Å²) in [5.41, 5.74) is 5.68. The topological polar surface area (TPSA) is 62.7 Å². The molecule has 0 bridgehead atoms. The average molecular weight is 333 g/mol. The largest absolute Gasteiger partial charge is 0.350 e. The number of nitrogens with zero attached hydrogens (tertiary/aromatic N) is 3. The van der Waals surface area contributed by atoms with Crippen LogP contribution in [-0.4, -0.2) is 15.0 Å². The van der Waals surface area contributed by atoms with Crippen molar-refractivity contribution >= 4 is 17.5 Å². The SMILES string of the molecule is CCc1cccc(C)c1Nc1cc(C)nc(NCc2ccncc2)n1. The van der Waals surface area contributed by atoms with Gasteiger partial charge < -0.3 is 10.6 Å². The van der Waals surface area contributed by atoms with Gasteiger partial charge in [-0.1, -0.05) is 25.1 Å². The number of pyridine rings is 1. The molecule has 0 saturated heterocycles. The lowest BCUT2D eigenvalue weighted by Gasteiger charge is -2.15. The van der Waals surface area contributed by atoms with E-state index >= 15 is 0 Å². The van der Waals surface area contributed by atoms with Crippen molar-refractivity contribution in [3.63, 3.8) is 0 Å². The maximum atomic E-state index is 4.61. The van der Waals surface area contributed by atoms with Crippen molar-refractivity contribution < 1.29 is 0 Å². The van der Waals surface area contributed by atoms with Crippen LogP contribution in [0.5, 0.6) is 0 Å². The molecular weight excluding hydrogens is 310 g/mol. The Kier molecular flexibility index (Phi) is 5.23. The summed E-state index contributed by atoms with van der Waals surface area (Å²) in [6.07, 6.45) is 4.54. The minimum absolute atomic E-state index is 0.617. The lowest BCUT2D eigenvalue weighted by atomic mass is 10.1. The molecule has 1 aromatic carbocycles. The monoisotopic (exact) mass is 333 g/mol. The molecule has 0 aliphatic rings. The van der Waals surface area contributed by atoms with E-state index in [9.17, 15) is 0 Å². The summed E-state index contributed by atoms with van der Waals surface area (Å²) < 4.78 is 0. The third kappa shape index (κ3) is 4.32. The molecule has 2 heterocycles. The van der Waals surface area contributed by atoms with Crippen molar-refractivity contribution in [3.05, 3.63) is 71.2 Å². The van der Waals surface area contributed by atoms with Gasteiger partial charge in [0, 0.05) is 36.4 Å². The molecule has 25 heavy (non-hydrogen) atoms. The zero-order valence-corrected chi connectivity index (χ0v) is 14.9. The second-order valence-electron chi connectivity index (χ2n) is 6.01. The molecule has 2 aromatic heterocycles. The Hall–Kier alpha value is -2.95. The van der Waals surface area contributed by atoms with Crippen LogP contribution in [0.15, 0.2) is 48.8 Å². The highest BCUT2D eigenvalue weighted by atomic mass is 15.1. The molecule has 2 N–H and O–H groups in total. The normalized spacial score (nSPS) is 10.5. The number of aryl methyl sites for hydroxylation is 3. The molecule has 0 saturated carbocycles. The van der Waals surface area contributed by atoms with Crippen molar-refractivity contribution in [2.24, 2.45) is 0 Å². The first-order valence-corrected chi connectivity index (χ1v) is 8.49. The molecular formula is C20H23N5. The van der Waals surface area contributed by atoms with Gasteiger partial charge in [-0.2, -0.15) is 4.98 Å². The van der Waals surface area contributed by atoms with Crippen LogP contribution < -0.4 is 10.6 Å². The van der Waals surface area contributed by atoms with E-state index in [0.29, 0.717) is 12.5 Å². The van der Waals surface area contributed by atoms with Gasteiger partial charge in [-0.25, -0.2) is 4.98 Å². The van der Waals surface area contributed by atoms with Gasteiger partial charge in [0.15, 0.2) is 0 Å². The van der Waals surface area contributed by atoms with E-state index in [1.807, 2.05) is 25.1 Å². The van der Waals surface area contributed by atoms with E-state index in [0.717, 1.165) is 29.2 Å². The smallest absolute Gasteiger partial charge is 0.225 e. The Morgan fingerprint density at radius 2 is 1.80 bits per heavy atom. The van der Waals surface area contributed by atoms with Crippen LogP contribution in [0.4, 0.5) is 17.5 Å². The first-order chi connectivity index (χ1) is 12.2. The molecule has 3 aromatic rings. The zero-order chi connectivity index (χ0) is 17.6. The predicted octanol–water partition coefficient (Wildman–Crippen LogP) is 4.41. The third-order valence-electron chi connectivity index (χ3n) is 4.05. The quantitative estimate of drug-likeness (QED) is 0.700. The van der Waals surface area contributed by atoms with Gasteiger partial charge in [0.1, 0.15) is 5.82 Å². The van der Waals surface area contributed by atoms with Crippen LogP contribution in [-0.2, 0) is 13.0 Å². The molecule has 0 aliphatic carbocycles. The summed E-state index contributed by atoms with van der Waals surface area (Å²) in [5, 5.41) is 6.75. The van der Waals surface area contributed by atoms with Crippen molar-refractivity contribution in [2.75, 3.05) is 10.6 Å². The van der Waals surface area contributed by atoms with E-state index < -0.39 is 0 Å². The van der Waals surface area contributed by atoms with Crippen LogP contribution in [0.3, 0.4) is 0 Å². The standard InChI is InChI=1S/C20H23N5/c1-4-17-7-5-6-14(2)19(17)24-18-12-15(3)23-20(25-18)22-13-16-8-10-21-11-9-16/h5-12H,4,13H2,1-3H3,(H2,22,23,24,25). The Balaban J connectivity index is 1.80. The maximum absolute atomic E-state index is 4.61. The first kappa shape index (κ1) is 16.9. The van der Waals surface area contributed by atoms with Gasteiger partial charge in [-0.15, -0.1) is 0 Å². The fraction of sp³-hybridized carbons (Fsp3) is 0.250. The van der Waals surface area contributed by atoms with Crippen LogP contribution >= 0.6 is 0 Å². The molecule has 5 nitrogen and oxygen atoms in total. The molecule has 0 radical (unpaired) electrons. The molecule has 0 amide bonds. The van der Waals surface area contributed by atoms with E-state index in [4.69, 9.17) is 0 Å². The zero-order valence-electron chi connectivity index (χ0n) is 14.9. The Labute approximate surface area is 148 Å². The molecule has 0 unspecified atom stereocenters. The summed E-state index contributed by atoms with van der Waals surface area (Å²) in [5.74, 6) is 1.42. The van der Waals surface area contributed by atoms with E-state index in [1.54, 1.807) is 12.4 Å². The number of aromatic nitrogens is 3. The highest BCUT2D eigenvalue weighted by Crippen LogP contribution is 2.25. The van der Waals surface area contributed by atoms with Gasteiger partial charge in [-0.3, -0.25) is 4.98 Å². The van der Waals surface area contributed by atoms with Crippen molar-refractivity contribution in [1.29, 1.82) is 0 Å². The second-order valence-corrected chi connectivity index (χ2v) is 6.01. The molecule has 0 fully saturated rings. The molecule has 128 valence electrons. The fourth-order valence-electron chi connectivity index (χ4n) is 2.72. The number of hydrogen-bond donors (Lipinski definition) is 2. The number of anilines is 3. The lowest BCUT2D eigenvalue weighted by molar-refractivity contribution is 1.03. The van der Waals surface area contributed by atoms with Crippen LogP contribution in [0, 0.1) is 13.8 Å². The number of rotatable bonds is 6. The van der Waals surface area contributed by atoms with Gasteiger partial charge in [-0.05, 0) is 49.1 Å². The van der Waals surface area contributed by atoms with E-state index in [2.05, 4.69) is 57.6 Å². The minimum Gasteiger partial charge on any atom is -0.350 e. The summed E-state index contributed by atoms with van der Waals surface area (Å²) in [7, 11) is 0. The van der Waals surface area contributed by atoms with Crippen molar-refractivity contribution in [2.45, 2.75) is 33.7 Å². The minimum atomic E-state index is 0.617. The Morgan fingerprint density at radius 3 is 2.56 bits per heavy atom. The van der Waals surface area contributed by atoms with Crippen LogP contribution in [0.2, 0.25) is 0 Å². The molecule has 0 atom stereocenters. The van der Waals surface area contributed by atoms with Gasteiger partial charge in [0.2, 0.25) is 5.95 Å². The van der Waals surface area contributed by atoms with E-state index in [-0.39, 0.29) is 0 Å². The molecule has 5 heteroatoms. The Morgan fingerprint density at radius 1 is 1.00 bits per heavy atom. The summed E-state index contributed by atoms with van der Waals surface area (Å²) in [6.45, 7) is 6.91. The molecule has 3 rings (SSSR count). The van der Waals surface area contributed by atoms with Gasteiger partial charge in [0.25, 0.3) is 0 Å². The van der Waals surface area contributed by atoms with Crippen LogP contribution in [0.25, 0.3) is 0 Å². The van der Waals surface area contributed by atoms with Crippen molar-refractivity contribution in [3.8, 4) is 0 Å². The Bertz CT molecular complexity index is 846. The van der Waals surface area contributed by atoms with Crippen molar-refractivity contribution in [1.82, 2.24) is 15.0 Å². The fourth-order valence-corrected chi connectivity index (χ4v) is 2.72. The number of para-hydroxylation sites is 1. The summed E-state index contributed by atoms with van der Waals surface area (Å²) >= 11 is 0. The maximum Gasteiger partial charge on any atom is 0.225 e. The lowest BCUT2D eigenvalue weighted by Crippen LogP contribution is -2.07. The molecule has 0 aliphatic heterocycles. The first-order valence-electron chi connectivity index (χ1n) is 8.49. The summed E-state index contributed by atoms with van der Waals surface area (Å²) in [4.78, 5) is 13.1. The predicted molar refractivity (Wildman–Crippen MR) is 102 cm³/mol. The number of hydrogen-bond acceptors (Lipinski definition) is 5. The second kappa shape index (κ2) is 7.75. The van der Waals surface area contributed by atoms with Gasteiger partial charge >= 0.3 is 0 Å². The number of benzene rings is 1. The third-order valence-corrected chi connectivity index (χ3v) is 4.05. The molecule has 0 spiro atoms. The van der Waals surface area contributed by atoms with Gasteiger partial charge in [0.05, 0.1) is 0 Å².